The van der Waals surface area contributed by atoms with Crippen LogP contribution in [0.1, 0.15) is 44.5 Å². The van der Waals surface area contributed by atoms with E-state index in [2.05, 4.69) is 78.0 Å². The summed E-state index contributed by atoms with van der Waals surface area (Å²) >= 11 is 0. The third-order valence-electron chi connectivity index (χ3n) is 4.37. The summed E-state index contributed by atoms with van der Waals surface area (Å²) in [6.07, 6.45) is 4.42. The number of benzene rings is 2. The van der Waals surface area contributed by atoms with Gasteiger partial charge >= 0.3 is 0 Å². The molecule has 0 aliphatic carbocycles. The van der Waals surface area contributed by atoms with Crippen LogP contribution in [0.15, 0.2) is 24.3 Å². The quantitative estimate of drug-likeness (QED) is 0.610. The summed E-state index contributed by atoms with van der Waals surface area (Å²) in [6, 6.07) is 9.03. The highest BCUT2D eigenvalue weighted by Crippen LogP contribution is 2.20. The van der Waals surface area contributed by atoms with Crippen molar-refractivity contribution < 1.29 is 0 Å². The summed E-state index contributed by atoms with van der Waals surface area (Å²) in [4.78, 5) is 0. The lowest BCUT2D eigenvalue weighted by atomic mass is 9.98. The van der Waals surface area contributed by atoms with Crippen LogP contribution in [0.2, 0.25) is 0 Å². The van der Waals surface area contributed by atoms with Crippen LogP contribution in [-0.2, 0) is 0 Å². The highest BCUT2D eigenvalue weighted by Gasteiger charge is 2.00. The Morgan fingerprint density at radius 2 is 0.750 bits per heavy atom. The second-order valence-electron chi connectivity index (χ2n) is 5.89. The summed E-state index contributed by atoms with van der Waals surface area (Å²) in [6.45, 7) is 13.1. The Morgan fingerprint density at radius 1 is 0.500 bits per heavy atom. The van der Waals surface area contributed by atoms with Gasteiger partial charge in [-0.1, -0.05) is 36.4 Å². The first kappa shape index (κ1) is 14.6. The Morgan fingerprint density at radius 3 is 1.00 bits per heavy atom. The molecule has 2 aromatic carbocycles. The molecule has 0 heterocycles. The van der Waals surface area contributed by atoms with Gasteiger partial charge in [0.05, 0.1) is 0 Å². The molecule has 0 radical (unpaired) electrons. The van der Waals surface area contributed by atoms with Crippen LogP contribution in [-0.4, -0.2) is 0 Å². The number of rotatable bonds is 2. The number of aryl methyl sites for hydroxylation is 4. The average molecular weight is 264 g/mol. The molecule has 0 saturated carbocycles. The van der Waals surface area contributed by atoms with Gasteiger partial charge in [0.2, 0.25) is 0 Å². The third kappa shape index (κ3) is 3.01. The van der Waals surface area contributed by atoms with Gasteiger partial charge in [-0.25, -0.2) is 0 Å². The van der Waals surface area contributed by atoms with Crippen LogP contribution < -0.4 is 0 Å². The van der Waals surface area contributed by atoms with E-state index in [-0.39, 0.29) is 0 Å². The van der Waals surface area contributed by atoms with E-state index in [0.717, 1.165) is 0 Å². The first-order chi connectivity index (χ1) is 9.38. The van der Waals surface area contributed by atoms with Gasteiger partial charge in [-0.05, 0) is 86.1 Å². The van der Waals surface area contributed by atoms with Crippen LogP contribution >= 0.6 is 0 Å². The summed E-state index contributed by atoms with van der Waals surface area (Å²) in [5.41, 5.74) is 10.8. The predicted octanol–water partition coefficient (Wildman–Crippen LogP) is 5.71. The van der Waals surface area contributed by atoms with Crippen LogP contribution in [0.3, 0.4) is 0 Å². The van der Waals surface area contributed by atoms with Crippen LogP contribution in [0, 0.1) is 41.5 Å². The maximum absolute atomic E-state index is 2.26. The molecular weight excluding hydrogens is 240 g/mol. The van der Waals surface area contributed by atoms with E-state index in [9.17, 15) is 0 Å². The molecule has 0 atom stereocenters. The topological polar surface area (TPSA) is 0 Å². The van der Waals surface area contributed by atoms with Crippen molar-refractivity contribution in [2.75, 3.05) is 0 Å². The zero-order valence-corrected chi connectivity index (χ0v) is 13.5. The van der Waals surface area contributed by atoms with Crippen molar-refractivity contribution in [3.63, 3.8) is 0 Å². The molecular formula is C20H24. The number of hydrogen-bond donors (Lipinski definition) is 0. The van der Waals surface area contributed by atoms with Crippen LogP contribution in [0.5, 0.6) is 0 Å². The van der Waals surface area contributed by atoms with E-state index in [4.69, 9.17) is 0 Å². The Balaban J connectivity index is 2.35. The molecule has 104 valence electrons. The fourth-order valence-corrected chi connectivity index (χ4v) is 2.52. The summed E-state index contributed by atoms with van der Waals surface area (Å²) in [5, 5.41) is 0. The first-order valence-electron chi connectivity index (χ1n) is 7.22. The molecule has 0 amide bonds. The van der Waals surface area contributed by atoms with E-state index < -0.39 is 0 Å². The zero-order valence-electron chi connectivity index (χ0n) is 13.5. The Kier molecular flexibility index (Phi) is 4.13. The minimum atomic E-state index is 1.28. The molecule has 0 bridgehead atoms. The van der Waals surface area contributed by atoms with Gasteiger partial charge in [-0.15, -0.1) is 0 Å². The molecule has 0 saturated heterocycles. The molecule has 0 aliphatic heterocycles. The van der Waals surface area contributed by atoms with Crippen LogP contribution in [0.4, 0.5) is 0 Å². The lowest BCUT2D eigenvalue weighted by Gasteiger charge is -2.07. The SMILES string of the molecule is Cc1cc(/C=C/c2cc(C)c(C)c(C)c2)cc(C)c1C. The van der Waals surface area contributed by atoms with Gasteiger partial charge in [0.15, 0.2) is 0 Å². The molecule has 0 nitrogen and oxygen atoms in total. The van der Waals surface area contributed by atoms with Crippen molar-refractivity contribution in [1.29, 1.82) is 0 Å². The van der Waals surface area contributed by atoms with E-state index in [1.807, 2.05) is 0 Å². The molecule has 0 spiro atoms. The smallest absolute Gasteiger partial charge is 0.0251 e. The molecule has 0 unspecified atom stereocenters. The summed E-state index contributed by atoms with van der Waals surface area (Å²) in [7, 11) is 0. The zero-order chi connectivity index (χ0) is 14.9. The second-order valence-corrected chi connectivity index (χ2v) is 5.89. The molecule has 0 N–H and O–H groups in total. The molecule has 20 heavy (non-hydrogen) atoms. The lowest BCUT2D eigenvalue weighted by Crippen LogP contribution is -1.89. The fraction of sp³-hybridized carbons (Fsp3) is 0.300. The monoisotopic (exact) mass is 264 g/mol. The Labute approximate surface area is 123 Å². The van der Waals surface area contributed by atoms with Crippen molar-refractivity contribution in [3.8, 4) is 0 Å². The van der Waals surface area contributed by atoms with Crippen molar-refractivity contribution in [2.24, 2.45) is 0 Å². The summed E-state index contributed by atoms with van der Waals surface area (Å²) in [5.74, 6) is 0. The predicted molar refractivity (Wildman–Crippen MR) is 90.2 cm³/mol. The van der Waals surface area contributed by atoms with Gasteiger partial charge in [0.25, 0.3) is 0 Å². The standard InChI is InChI=1S/C20H24/c1-13-9-19(10-14(2)17(13)5)7-8-20-11-15(3)18(6)16(4)12-20/h7-12H,1-6H3/b8-7+. The van der Waals surface area contributed by atoms with Crippen molar-refractivity contribution in [3.05, 3.63) is 68.8 Å². The molecule has 0 fully saturated rings. The number of hydrogen-bond acceptors (Lipinski definition) is 0. The van der Waals surface area contributed by atoms with Crippen LogP contribution in [0.25, 0.3) is 12.2 Å². The second kappa shape index (κ2) is 5.66. The van der Waals surface area contributed by atoms with E-state index in [1.165, 1.54) is 44.5 Å². The van der Waals surface area contributed by atoms with Gasteiger partial charge in [0, 0.05) is 0 Å². The highest BCUT2D eigenvalue weighted by molar-refractivity contribution is 5.71. The van der Waals surface area contributed by atoms with E-state index >= 15 is 0 Å². The van der Waals surface area contributed by atoms with Gasteiger partial charge in [-0.2, -0.15) is 0 Å². The maximum Gasteiger partial charge on any atom is -0.0251 e. The van der Waals surface area contributed by atoms with Crippen molar-refractivity contribution >= 4 is 12.2 Å². The molecule has 0 aromatic heterocycles. The normalized spacial score (nSPS) is 11.3. The maximum atomic E-state index is 2.26. The largest absolute Gasteiger partial charge is 0.0544 e. The first-order valence-corrected chi connectivity index (χ1v) is 7.22. The minimum Gasteiger partial charge on any atom is -0.0544 e. The van der Waals surface area contributed by atoms with Gasteiger partial charge < -0.3 is 0 Å². The van der Waals surface area contributed by atoms with Crippen molar-refractivity contribution in [1.82, 2.24) is 0 Å². The fourth-order valence-electron chi connectivity index (χ4n) is 2.52. The average Bonchev–Trinajstić information content (AvgIpc) is 2.39. The summed E-state index contributed by atoms with van der Waals surface area (Å²) < 4.78 is 0. The van der Waals surface area contributed by atoms with Crippen molar-refractivity contribution in [2.45, 2.75) is 41.5 Å². The molecule has 2 rings (SSSR count). The molecule has 2 aromatic rings. The van der Waals surface area contributed by atoms with E-state index in [1.54, 1.807) is 0 Å². The Bertz CT molecular complexity index is 567. The lowest BCUT2D eigenvalue weighted by molar-refractivity contribution is 1.26. The van der Waals surface area contributed by atoms with E-state index in [0.29, 0.717) is 0 Å². The van der Waals surface area contributed by atoms with Gasteiger partial charge in [-0.3, -0.25) is 0 Å². The third-order valence-corrected chi connectivity index (χ3v) is 4.37. The molecule has 0 aliphatic rings. The van der Waals surface area contributed by atoms with Gasteiger partial charge in [0.1, 0.15) is 0 Å². The Hall–Kier alpha value is -1.82. The molecule has 0 heteroatoms. The minimum absolute atomic E-state index is 1.28. The highest BCUT2D eigenvalue weighted by atomic mass is 14.1.